The summed E-state index contributed by atoms with van der Waals surface area (Å²) in [5.41, 5.74) is 2.70. The third-order valence-electron chi connectivity index (χ3n) is 5.07. The Hall–Kier alpha value is -0.596. The van der Waals surface area contributed by atoms with Gasteiger partial charge in [-0.3, -0.25) is 0 Å². The molecule has 1 aliphatic carbocycles. The molecule has 0 saturated heterocycles. The summed E-state index contributed by atoms with van der Waals surface area (Å²) < 4.78 is 26.5. The van der Waals surface area contributed by atoms with Crippen LogP contribution in [0.2, 0.25) is 0 Å². The Bertz CT molecular complexity index is 623. The molecule has 0 amide bonds. The van der Waals surface area contributed by atoms with E-state index in [-0.39, 0.29) is 32.7 Å². The first-order valence-electron chi connectivity index (χ1n) is 8.58. The van der Waals surface area contributed by atoms with E-state index >= 15 is 0 Å². The maximum atomic E-state index is 13.3. The fourth-order valence-corrected chi connectivity index (χ4v) is 3.52. The van der Waals surface area contributed by atoms with Gasteiger partial charge in [0.25, 0.3) is 0 Å². The van der Waals surface area contributed by atoms with Gasteiger partial charge in [0.15, 0.2) is 0 Å². The van der Waals surface area contributed by atoms with Gasteiger partial charge in [-0.2, -0.15) is 0 Å². The summed E-state index contributed by atoms with van der Waals surface area (Å²) in [5.74, 6) is 0.444. The van der Waals surface area contributed by atoms with Crippen LogP contribution in [0, 0.1) is 29.5 Å². The molecule has 0 N–H and O–H groups in total. The van der Waals surface area contributed by atoms with Crippen LogP contribution in [-0.2, 0) is 39.1 Å². The SMILES string of the molecule is CC1CCC(CCc2ccc(-c3cc(F)[c-]c(F)c3)cc2)CC1.[Y+3]. The van der Waals surface area contributed by atoms with Gasteiger partial charge in [-0.05, 0) is 35.8 Å². The number of hydrogen-bond donors (Lipinski definition) is 0. The molecule has 2 aromatic rings. The largest absolute Gasteiger partial charge is 3.00 e. The van der Waals surface area contributed by atoms with Gasteiger partial charge in [0.2, 0.25) is 0 Å². The van der Waals surface area contributed by atoms with Crippen LogP contribution >= 0.6 is 0 Å². The zero-order chi connectivity index (χ0) is 16.2. The molecular formula is C21H23F2Y+2. The minimum absolute atomic E-state index is 0. The van der Waals surface area contributed by atoms with Crippen molar-refractivity contribution in [3.8, 4) is 11.1 Å². The van der Waals surface area contributed by atoms with Gasteiger partial charge in [-0.25, -0.2) is 8.78 Å². The van der Waals surface area contributed by atoms with Gasteiger partial charge in [-0.1, -0.05) is 56.9 Å². The molecule has 0 atom stereocenters. The molecule has 0 spiro atoms. The average Bonchev–Trinajstić information content (AvgIpc) is 2.54. The standard InChI is InChI=1S/C21H23F2.Y/c1-15-2-4-16(5-3-15)6-7-17-8-10-18(11-9-17)19-12-20(22)14-21(23)13-19;/h8-13,15-16H,2-7H2,1H3;/q-1;+3. The van der Waals surface area contributed by atoms with E-state index in [1.807, 2.05) is 18.2 Å². The van der Waals surface area contributed by atoms with Crippen molar-refractivity contribution in [2.24, 2.45) is 11.8 Å². The molecule has 1 fully saturated rings. The van der Waals surface area contributed by atoms with Crippen LogP contribution in [0.15, 0.2) is 36.4 Å². The van der Waals surface area contributed by atoms with Crippen molar-refractivity contribution in [1.29, 1.82) is 0 Å². The molecule has 1 saturated carbocycles. The van der Waals surface area contributed by atoms with Crippen molar-refractivity contribution < 1.29 is 41.5 Å². The molecule has 0 aliphatic heterocycles. The second kappa shape index (κ2) is 9.20. The monoisotopic (exact) mass is 402 g/mol. The van der Waals surface area contributed by atoms with Crippen molar-refractivity contribution in [3.05, 3.63) is 59.7 Å². The number of benzene rings is 2. The first kappa shape index (κ1) is 19.7. The van der Waals surface area contributed by atoms with E-state index in [1.54, 1.807) is 0 Å². The Morgan fingerprint density at radius 3 is 2.08 bits per heavy atom. The molecule has 0 bridgehead atoms. The fourth-order valence-electron chi connectivity index (χ4n) is 3.52. The average molecular weight is 402 g/mol. The quantitative estimate of drug-likeness (QED) is 0.535. The summed E-state index contributed by atoms with van der Waals surface area (Å²) in [6, 6.07) is 12.7. The van der Waals surface area contributed by atoms with Gasteiger partial charge >= 0.3 is 32.7 Å². The van der Waals surface area contributed by atoms with E-state index in [0.29, 0.717) is 5.56 Å². The molecule has 3 rings (SSSR count). The summed E-state index contributed by atoms with van der Waals surface area (Å²) in [6.45, 7) is 2.35. The van der Waals surface area contributed by atoms with Gasteiger partial charge in [0.05, 0.1) is 0 Å². The van der Waals surface area contributed by atoms with Crippen LogP contribution in [0.5, 0.6) is 0 Å². The predicted molar refractivity (Wildman–Crippen MR) is 90.1 cm³/mol. The maximum Gasteiger partial charge on any atom is 3.00 e. The van der Waals surface area contributed by atoms with Gasteiger partial charge in [0, 0.05) is 11.6 Å². The van der Waals surface area contributed by atoms with E-state index in [9.17, 15) is 8.78 Å². The molecule has 1 aliphatic rings. The van der Waals surface area contributed by atoms with Crippen LogP contribution < -0.4 is 0 Å². The van der Waals surface area contributed by atoms with Gasteiger partial charge in [0.1, 0.15) is 0 Å². The number of halogens is 2. The molecule has 122 valence electrons. The van der Waals surface area contributed by atoms with E-state index < -0.39 is 11.6 Å². The Balaban J connectivity index is 0.00000208. The van der Waals surface area contributed by atoms with E-state index in [1.165, 1.54) is 49.8 Å². The molecule has 0 aromatic heterocycles. The summed E-state index contributed by atoms with van der Waals surface area (Å²) in [7, 11) is 0. The summed E-state index contributed by atoms with van der Waals surface area (Å²) in [6.07, 6.45) is 7.79. The normalized spacial score (nSPS) is 20.5. The van der Waals surface area contributed by atoms with Crippen molar-refractivity contribution in [3.63, 3.8) is 0 Å². The first-order chi connectivity index (χ1) is 11.1. The smallest absolute Gasteiger partial charge is 0.236 e. The van der Waals surface area contributed by atoms with Gasteiger partial charge in [-0.15, -0.1) is 23.8 Å². The first-order valence-corrected chi connectivity index (χ1v) is 8.58. The Labute approximate surface area is 168 Å². The zero-order valence-corrected chi connectivity index (χ0v) is 17.0. The molecule has 0 radical (unpaired) electrons. The van der Waals surface area contributed by atoms with Crippen LogP contribution in [0.1, 0.15) is 44.6 Å². The minimum Gasteiger partial charge on any atom is -0.236 e. The van der Waals surface area contributed by atoms with Crippen molar-refractivity contribution in [2.45, 2.75) is 45.4 Å². The summed E-state index contributed by atoms with van der Waals surface area (Å²) in [4.78, 5) is 0. The third kappa shape index (κ3) is 5.46. The second-order valence-electron chi connectivity index (χ2n) is 6.93. The maximum absolute atomic E-state index is 13.3. The van der Waals surface area contributed by atoms with E-state index in [2.05, 4.69) is 19.1 Å². The molecule has 0 unspecified atom stereocenters. The molecule has 2 aromatic carbocycles. The molecular weight excluding hydrogens is 379 g/mol. The van der Waals surface area contributed by atoms with E-state index in [4.69, 9.17) is 0 Å². The predicted octanol–water partition coefficient (Wildman–Crippen LogP) is 6.19. The van der Waals surface area contributed by atoms with Crippen molar-refractivity contribution >= 4 is 0 Å². The number of aryl methyl sites for hydroxylation is 1. The summed E-state index contributed by atoms with van der Waals surface area (Å²) in [5, 5.41) is 0. The Morgan fingerprint density at radius 2 is 1.50 bits per heavy atom. The zero-order valence-electron chi connectivity index (χ0n) is 14.2. The summed E-state index contributed by atoms with van der Waals surface area (Å²) >= 11 is 0. The van der Waals surface area contributed by atoms with E-state index in [0.717, 1.165) is 23.8 Å². The minimum atomic E-state index is -0.657. The van der Waals surface area contributed by atoms with Crippen LogP contribution in [-0.4, -0.2) is 0 Å². The molecule has 24 heavy (non-hydrogen) atoms. The molecule has 3 heteroatoms. The van der Waals surface area contributed by atoms with Gasteiger partial charge < -0.3 is 0 Å². The molecule has 0 nitrogen and oxygen atoms in total. The number of rotatable bonds is 4. The Kier molecular flexibility index (Phi) is 7.56. The molecule has 0 heterocycles. The van der Waals surface area contributed by atoms with Crippen LogP contribution in [0.3, 0.4) is 0 Å². The number of hydrogen-bond acceptors (Lipinski definition) is 0. The van der Waals surface area contributed by atoms with Crippen molar-refractivity contribution in [2.75, 3.05) is 0 Å². The Morgan fingerprint density at radius 1 is 0.917 bits per heavy atom. The second-order valence-corrected chi connectivity index (χ2v) is 6.93. The fraction of sp³-hybridized carbons (Fsp3) is 0.429. The van der Waals surface area contributed by atoms with Crippen molar-refractivity contribution in [1.82, 2.24) is 0 Å². The van der Waals surface area contributed by atoms with Crippen LogP contribution in [0.4, 0.5) is 8.78 Å². The topological polar surface area (TPSA) is 0 Å². The third-order valence-corrected chi connectivity index (χ3v) is 5.07. The van der Waals surface area contributed by atoms with Crippen LogP contribution in [0.25, 0.3) is 11.1 Å².